The third-order valence-corrected chi connectivity index (χ3v) is 3.56. The zero-order valence-corrected chi connectivity index (χ0v) is 10.7. The maximum absolute atomic E-state index is 11.2. The average molecular weight is 299 g/mol. The van der Waals surface area contributed by atoms with E-state index in [1.165, 1.54) is 7.11 Å². The van der Waals surface area contributed by atoms with Crippen LogP contribution >= 0.6 is 27.3 Å². The van der Waals surface area contributed by atoms with Gasteiger partial charge in [0.25, 0.3) is 0 Å². The third kappa shape index (κ3) is 2.28. The van der Waals surface area contributed by atoms with Crippen LogP contribution < -0.4 is 0 Å². The van der Waals surface area contributed by atoms with E-state index in [-0.39, 0.29) is 5.82 Å². The van der Waals surface area contributed by atoms with Crippen LogP contribution in [0, 0.1) is 0 Å². The summed E-state index contributed by atoms with van der Waals surface area (Å²) in [7, 11) is 1.31. The summed E-state index contributed by atoms with van der Waals surface area (Å²) in [5, 5.41) is 1.95. The molecule has 0 fully saturated rings. The van der Waals surface area contributed by atoms with Crippen LogP contribution in [0.25, 0.3) is 10.6 Å². The second-order valence-electron chi connectivity index (χ2n) is 2.89. The molecule has 0 bridgehead atoms. The van der Waals surface area contributed by atoms with Crippen molar-refractivity contribution < 1.29 is 9.53 Å². The molecule has 0 atom stereocenters. The zero-order chi connectivity index (χ0) is 11.5. The van der Waals surface area contributed by atoms with Crippen molar-refractivity contribution in [2.24, 2.45) is 0 Å². The number of hydrogen-bond acceptors (Lipinski definition) is 5. The molecular formula is C10H7BrN2O2S. The van der Waals surface area contributed by atoms with Gasteiger partial charge in [-0.2, -0.15) is 0 Å². The van der Waals surface area contributed by atoms with Gasteiger partial charge in [0.1, 0.15) is 0 Å². The predicted octanol–water partition coefficient (Wildman–Crippen LogP) is 2.75. The molecule has 0 spiro atoms. The minimum atomic E-state index is -0.530. The molecule has 0 unspecified atom stereocenters. The van der Waals surface area contributed by atoms with Gasteiger partial charge in [0, 0.05) is 16.0 Å². The van der Waals surface area contributed by atoms with Crippen molar-refractivity contribution in [3.63, 3.8) is 0 Å². The van der Waals surface area contributed by atoms with Gasteiger partial charge in [0.05, 0.1) is 17.7 Å². The Morgan fingerprint density at radius 3 is 3.00 bits per heavy atom. The third-order valence-electron chi connectivity index (χ3n) is 1.84. The quantitative estimate of drug-likeness (QED) is 0.800. The number of carbonyl (C=O) groups excluding carboxylic acids is 1. The first kappa shape index (κ1) is 11.2. The van der Waals surface area contributed by atoms with Crippen LogP contribution in [-0.2, 0) is 4.74 Å². The molecule has 0 amide bonds. The Morgan fingerprint density at radius 2 is 2.38 bits per heavy atom. The highest BCUT2D eigenvalue weighted by atomic mass is 79.9. The second kappa shape index (κ2) is 4.71. The lowest BCUT2D eigenvalue weighted by atomic mass is 10.3. The molecule has 0 saturated heterocycles. The van der Waals surface area contributed by atoms with Gasteiger partial charge < -0.3 is 4.74 Å². The van der Waals surface area contributed by atoms with Gasteiger partial charge in [-0.15, -0.1) is 11.3 Å². The van der Waals surface area contributed by atoms with E-state index >= 15 is 0 Å². The molecule has 0 saturated carbocycles. The molecule has 16 heavy (non-hydrogen) atoms. The number of nitrogens with zero attached hydrogens (tertiary/aromatic N) is 2. The summed E-state index contributed by atoms with van der Waals surface area (Å²) in [6.07, 6.45) is 1.54. The van der Waals surface area contributed by atoms with Gasteiger partial charge in [-0.25, -0.2) is 14.8 Å². The number of rotatable bonds is 2. The summed E-state index contributed by atoms with van der Waals surface area (Å²) in [4.78, 5) is 20.2. The molecule has 2 aromatic heterocycles. The van der Waals surface area contributed by atoms with Crippen molar-refractivity contribution in [2.75, 3.05) is 7.11 Å². The molecule has 0 N–H and O–H groups in total. The van der Waals surface area contributed by atoms with E-state index in [4.69, 9.17) is 0 Å². The van der Waals surface area contributed by atoms with Crippen molar-refractivity contribution in [1.82, 2.24) is 9.97 Å². The van der Waals surface area contributed by atoms with E-state index in [2.05, 4.69) is 30.6 Å². The lowest BCUT2D eigenvalue weighted by molar-refractivity contribution is 0.0587. The minimum absolute atomic E-state index is 0.0736. The molecular weight excluding hydrogens is 292 g/mol. The average Bonchev–Trinajstić information content (AvgIpc) is 2.75. The number of ether oxygens (including phenoxy) is 1. The molecule has 0 radical (unpaired) electrons. The summed E-state index contributed by atoms with van der Waals surface area (Å²) < 4.78 is 5.55. The van der Waals surface area contributed by atoms with Gasteiger partial charge in [0.2, 0.25) is 5.82 Å². The molecule has 4 nitrogen and oxygen atoms in total. The summed E-state index contributed by atoms with van der Waals surface area (Å²) in [6.45, 7) is 0. The lowest BCUT2D eigenvalue weighted by Crippen LogP contribution is -2.07. The Labute approximate surface area is 104 Å². The largest absolute Gasteiger partial charge is 0.463 e. The highest BCUT2D eigenvalue weighted by Gasteiger charge is 2.11. The molecule has 2 aromatic rings. The predicted molar refractivity (Wildman–Crippen MR) is 64.4 cm³/mol. The smallest absolute Gasteiger partial charge is 0.376 e. The monoisotopic (exact) mass is 298 g/mol. The fourth-order valence-electron chi connectivity index (χ4n) is 1.13. The fourth-order valence-corrected chi connectivity index (χ4v) is 2.53. The Morgan fingerprint density at radius 1 is 1.56 bits per heavy atom. The summed E-state index contributed by atoms with van der Waals surface area (Å²) in [6, 6.07) is 3.69. The standard InChI is InChI=1S/C10H7BrN2O2S/c1-15-10(14)9-12-3-2-7(13-9)8-4-6(11)5-16-8/h2-5H,1H3. The topological polar surface area (TPSA) is 52.1 Å². The highest BCUT2D eigenvalue weighted by Crippen LogP contribution is 2.28. The maximum atomic E-state index is 11.2. The van der Waals surface area contributed by atoms with Crippen LogP contribution in [0.2, 0.25) is 0 Å². The highest BCUT2D eigenvalue weighted by molar-refractivity contribution is 9.10. The molecule has 2 rings (SSSR count). The summed E-state index contributed by atoms with van der Waals surface area (Å²) in [5.74, 6) is -0.456. The lowest BCUT2D eigenvalue weighted by Gasteiger charge is -1.99. The fraction of sp³-hybridized carbons (Fsp3) is 0.100. The number of halogens is 1. The van der Waals surface area contributed by atoms with Crippen LogP contribution in [-0.4, -0.2) is 23.0 Å². The number of methoxy groups -OCH3 is 1. The van der Waals surface area contributed by atoms with Gasteiger partial charge in [-0.1, -0.05) is 0 Å². The van der Waals surface area contributed by atoms with Gasteiger partial charge >= 0.3 is 5.97 Å². The number of esters is 1. The Kier molecular flexibility index (Phi) is 3.31. The van der Waals surface area contributed by atoms with E-state index in [9.17, 15) is 4.79 Å². The van der Waals surface area contributed by atoms with Crippen molar-refractivity contribution in [2.45, 2.75) is 0 Å². The van der Waals surface area contributed by atoms with E-state index in [1.54, 1.807) is 23.6 Å². The first-order valence-corrected chi connectivity index (χ1v) is 6.04. The van der Waals surface area contributed by atoms with Crippen molar-refractivity contribution in [3.05, 3.63) is 34.0 Å². The van der Waals surface area contributed by atoms with Crippen molar-refractivity contribution in [1.29, 1.82) is 0 Å². The summed E-state index contributed by atoms with van der Waals surface area (Å²) in [5.41, 5.74) is 0.714. The van der Waals surface area contributed by atoms with Gasteiger partial charge in [-0.05, 0) is 28.1 Å². The zero-order valence-electron chi connectivity index (χ0n) is 8.31. The van der Waals surface area contributed by atoms with Crippen LogP contribution in [0.3, 0.4) is 0 Å². The van der Waals surface area contributed by atoms with Gasteiger partial charge in [-0.3, -0.25) is 0 Å². The van der Waals surface area contributed by atoms with Crippen LogP contribution in [0.5, 0.6) is 0 Å². The molecule has 0 aliphatic carbocycles. The van der Waals surface area contributed by atoms with E-state index in [0.29, 0.717) is 5.69 Å². The molecule has 0 aliphatic heterocycles. The van der Waals surface area contributed by atoms with Crippen molar-refractivity contribution >= 4 is 33.2 Å². The Hall–Kier alpha value is -1.27. The second-order valence-corrected chi connectivity index (χ2v) is 4.71. The van der Waals surface area contributed by atoms with Gasteiger partial charge in [0.15, 0.2) is 0 Å². The normalized spacial score (nSPS) is 10.1. The van der Waals surface area contributed by atoms with Crippen LogP contribution in [0.1, 0.15) is 10.6 Å². The Bertz CT molecular complexity index is 527. The number of aromatic nitrogens is 2. The molecule has 2 heterocycles. The van der Waals surface area contributed by atoms with E-state index in [1.807, 2.05) is 11.4 Å². The maximum Gasteiger partial charge on any atom is 0.376 e. The minimum Gasteiger partial charge on any atom is -0.463 e. The number of carbonyl (C=O) groups is 1. The SMILES string of the molecule is COC(=O)c1nccc(-c2cc(Br)cs2)n1. The molecule has 6 heteroatoms. The number of thiophene rings is 1. The first-order valence-electron chi connectivity index (χ1n) is 4.36. The first-order chi connectivity index (χ1) is 7.70. The molecule has 0 aromatic carbocycles. The Balaban J connectivity index is 2.39. The van der Waals surface area contributed by atoms with Crippen LogP contribution in [0.15, 0.2) is 28.2 Å². The van der Waals surface area contributed by atoms with E-state index < -0.39 is 5.97 Å². The summed E-state index contributed by atoms with van der Waals surface area (Å²) >= 11 is 4.91. The van der Waals surface area contributed by atoms with Crippen molar-refractivity contribution in [3.8, 4) is 10.6 Å². The molecule has 82 valence electrons. The number of hydrogen-bond donors (Lipinski definition) is 0. The van der Waals surface area contributed by atoms with E-state index in [0.717, 1.165) is 9.35 Å². The molecule has 0 aliphatic rings. The van der Waals surface area contributed by atoms with Crippen LogP contribution in [0.4, 0.5) is 0 Å².